The van der Waals surface area contributed by atoms with Gasteiger partial charge in [0.25, 0.3) is 5.91 Å². The summed E-state index contributed by atoms with van der Waals surface area (Å²) in [5, 5.41) is 17.5. The summed E-state index contributed by atoms with van der Waals surface area (Å²) in [6.07, 6.45) is 3.16. The smallest absolute Gasteiger partial charge is 0.512 e. The molecule has 2 aromatic heterocycles. The fraction of sp³-hybridized carbons (Fsp3) is 0.0714. The van der Waals surface area contributed by atoms with Crippen molar-refractivity contribution in [3.8, 4) is 5.75 Å². The second-order valence-electron chi connectivity index (χ2n) is 4.88. The van der Waals surface area contributed by atoms with E-state index in [0.717, 1.165) is 11.1 Å². The zero-order valence-corrected chi connectivity index (χ0v) is 12.0. The Morgan fingerprint density at radius 2 is 2.00 bits per heavy atom. The summed E-state index contributed by atoms with van der Waals surface area (Å²) in [7, 11) is -1.85. The van der Waals surface area contributed by atoms with Gasteiger partial charge in [0.05, 0.1) is 18.0 Å². The summed E-state index contributed by atoms with van der Waals surface area (Å²) in [6, 6.07) is 8.44. The fourth-order valence-corrected chi connectivity index (χ4v) is 2.21. The molecule has 0 atom stereocenters. The Morgan fingerprint density at radius 1 is 1.26 bits per heavy atom. The van der Waals surface area contributed by atoms with Crippen LogP contribution in [0, 0.1) is 0 Å². The quantitative estimate of drug-likeness (QED) is 0.566. The lowest BCUT2D eigenvalue weighted by Crippen LogP contribution is -2.20. The van der Waals surface area contributed by atoms with Crippen molar-refractivity contribution in [3.05, 3.63) is 54.1 Å². The second kappa shape index (κ2) is 6.07. The molecule has 0 fully saturated rings. The molecular weight excluding hydrogens is 299 g/mol. The molecule has 3 rings (SSSR count). The first-order valence-corrected chi connectivity index (χ1v) is 6.75. The topological polar surface area (TPSA) is 123 Å². The number of carbonyl (C=O) groups is 1. The minimum atomic E-state index is -1.85. The number of fused-ring (bicyclic) bond motifs is 1. The van der Waals surface area contributed by atoms with Crippen LogP contribution in [0.5, 0.6) is 5.75 Å². The first-order valence-electron chi connectivity index (χ1n) is 6.75. The van der Waals surface area contributed by atoms with Gasteiger partial charge in [0.1, 0.15) is 17.0 Å². The van der Waals surface area contributed by atoms with Crippen LogP contribution in [0.3, 0.4) is 0 Å². The lowest BCUT2D eigenvalue weighted by atomic mass is 10.2. The molecule has 9 heteroatoms. The Bertz CT molecular complexity index is 848. The van der Waals surface area contributed by atoms with Crippen molar-refractivity contribution in [3.63, 3.8) is 0 Å². The zero-order valence-electron chi connectivity index (χ0n) is 12.0. The molecule has 0 unspecified atom stereocenters. The van der Waals surface area contributed by atoms with Gasteiger partial charge in [-0.05, 0) is 23.8 Å². The molecule has 0 saturated heterocycles. The van der Waals surface area contributed by atoms with E-state index in [1.165, 1.54) is 6.20 Å². The van der Waals surface area contributed by atoms with Gasteiger partial charge in [0.15, 0.2) is 0 Å². The Kier molecular flexibility index (Phi) is 3.96. The van der Waals surface area contributed by atoms with Crippen molar-refractivity contribution in [2.24, 2.45) is 5.73 Å². The van der Waals surface area contributed by atoms with E-state index in [0.29, 0.717) is 17.8 Å². The van der Waals surface area contributed by atoms with Crippen molar-refractivity contribution in [1.82, 2.24) is 14.5 Å². The van der Waals surface area contributed by atoms with Crippen LogP contribution in [0.15, 0.2) is 42.9 Å². The molecule has 8 nitrogen and oxygen atoms in total. The van der Waals surface area contributed by atoms with Gasteiger partial charge in [0, 0.05) is 6.54 Å². The van der Waals surface area contributed by atoms with E-state index >= 15 is 0 Å². The number of rotatable bonds is 5. The number of hydrogen-bond acceptors (Lipinski definition) is 6. The highest BCUT2D eigenvalue weighted by Gasteiger charge is 2.11. The molecule has 0 bridgehead atoms. The Balaban J connectivity index is 1.86. The highest BCUT2D eigenvalue weighted by molar-refractivity contribution is 6.33. The lowest BCUT2D eigenvalue weighted by molar-refractivity contribution is 0.0995. The number of pyridine rings is 1. The number of aromatic nitrogens is 3. The average Bonchev–Trinajstić information content (AvgIpc) is 2.91. The number of benzene rings is 1. The first kappa shape index (κ1) is 15.0. The van der Waals surface area contributed by atoms with Gasteiger partial charge in [0.2, 0.25) is 0 Å². The summed E-state index contributed by atoms with van der Waals surface area (Å²) < 4.78 is 6.61. The third-order valence-corrected chi connectivity index (χ3v) is 3.28. The summed E-state index contributed by atoms with van der Waals surface area (Å²) in [5.74, 6) is -0.247. The van der Waals surface area contributed by atoms with Crippen LogP contribution < -0.4 is 10.4 Å². The van der Waals surface area contributed by atoms with Gasteiger partial charge in [-0.1, -0.05) is 12.1 Å². The van der Waals surface area contributed by atoms with Crippen molar-refractivity contribution in [2.75, 3.05) is 0 Å². The standard InChI is InChI=1S/C14H13BN4O4/c16-14(20)11-5-13-12(6-17-11)18-8-19(13)7-9-1-3-10(4-2-9)23-15(21)22/h1-6,8,21-22H,7H2,(H2,16,20). The number of primary amides is 1. The van der Waals surface area contributed by atoms with Crippen LogP contribution in [0.1, 0.15) is 16.1 Å². The number of nitrogens with two attached hydrogens (primary N) is 1. The van der Waals surface area contributed by atoms with Crippen LogP contribution in [-0.2, 0) is 6.54 Å². The minimum Gasteiger partial charge on any atom is -0.512 e. The normalized spacial score (nSPS) is 10.7. The van der Waals surface area contributed by atoms with E-state index in [1.807, 2.05) is 4.57 Å². The van der Waals surface area contributed by atoms with Gasteiger partial charge >= 0.3 is 7.32 Å². The molecule has 0 aliphatic heterocycles. The van der Waals surface area contributed by atoms with Crippen molar-refractivity contribution in [2.45, 2.75) is 6.54 Å². The Labute approximate surface area is 131 Å². The van der Waals surface area contributed by atoms with E-state index in [1.54, 1.807) is 36.7 Å². The monoisotopic (exact) mass is 312 g/mol. The van der Waals surface area contributed by atoms with Crippen molar-refractivity contribution >= 4 is 24.3 Å². The summed E-state index contributed by atoms with van der Waals surface area (Å²) >= 11 is 0. The minimum absolute atomic E-state index is 0.180. The molecule has 4 N–H and O–H groups in total. The molecule has 116 valence electrons. The fourth-order valence-electron chi connectivity index (χ4n) is 2.21. The van der Waals surface area contributed by atoms with E-state index in [9.17, 15) is 4.79 Å². The number of carbonyl (C=O) groups excluding carboxylic acids is 1. The van der Waals surface area contributed by atoms with Gasteiger partial charge in [-0.2, -0.15) is 0 Å². The number of amides is 1. The van der Waals surface area contributed by atoms with E-state index in [2.05, 4.69) is 9.97 Å². The molecule has 23 heavy (non-hydrogen) atoms. The number of imidazole rings is 1. The third kappa shape index (κ3) is 3.30. The van der Waals surface area contributed by atoms with Crippen molar-refractivity contribution < 1.29 is 19.5 Å². The second-order valence-corrected chi connectivity index (χ2v) is 4.88. The average molecular weight is 312 g/mol. The predicted octanol–water partition coefficient (Wildman–Crippen LogP) is -0.0732. The molecule has 1 aromatic carbocycles. The van der Waals surface area contributed by atoms with Gasteiger partial charge < -0.3 is 25.0 Å². The molecule has 0 radical (unpaired) electrons. The zero-order chi connectivity index (χ0) is 16.4. The molecule has 0 aliphatic carbocycles. The van der Waals surface area contributed by atoms with Gasteiger partial charge in [-0.3, -0.25) is 4.79 Å². The Morgan fingerprint density at radius 3 is 2.65 bits per heavy atom. The van der Waals surface area contributed by atoms with E-state index < -0.39 is 13.2 Å². The maximum Gasteiger partial charge on any atom is 0.707 e. The van der Waals surface area contributed by atoms with Crippen LogP contribution in [0.25, 0.3) is 11.0 Å². The predicted molar refractivity (Wildman–Crippen MR) is 82.4 cm³/mol. The maximum atomic E-state index is 11.2. The highest BCUT2D eigenvalue weighted by atomic mass is 16.6. The molecule has 0 aliphatic rings. The summed E-state index contributed by atoms with van der Waals surface area (Å²) in [6.45, 7) is 0.515. The largest absolute Gasteiger partial charge is 0.707 e. The van der Waals surface area contributed by atoms with Crippen LogP contribution in [0.4, 0.5) is 0 Å². The maximum absolute atomic E-state index is 11.2. The molecule has 0 spiro atoms. The first-order chi connectivity index (χ1) is 11.0. The van der Waals surface area contributed by atoms with Crippen LogP contribution in [-0.4, -0.2) is 37.8 Å². The van der Waals surface area contributed by atoms with E-state index in [4.69, 9.17) is 20.4 Å². The summed E-state index contributed by atoms with van der Waals surface area (Å²) in [5.41, 5.74) is 7.79. The molecule has 1 amide bonds. The SMILES string of the molecule is NC(=O)c1cc2c(cn1)ncn2Cc1ccc(OB(O)O)cc1. The number of nitrogens with zero attached hydrogens (tertiary/aromatic N) is 3. The van der Waals surface area contributed by atoms with Crippen molar-refractivity contribution in [1.29, 1.82) is 0 Å². The number of hydrogen-bond donors (Lipinski definition) is 3. The third-order valence-electron chi connectivity index (χ3n) is 3.28. The van der Waals surface area contributed by atoms with E-state index in [-0.39, 0.29) is 5.69 Å². The van der Waals surface area contributed by atoms with Gasteiger partial charge in [-0.25, -0.2) is 9.97 Å². The van der Waals surface area contributed by atoms with Gasteiger partial charge in [-0.15, -0.1) is 0 Å². The highest BCUT2D eigenvalue weighted by Crippen LogP contribution is 2.17. The molecule has 0 saturated carbocycles. The lowest BCUT2D eigenvalue weighted by Gasteiger charge is -2.08. The molecule has 3 aromatic rings. The Hall–Kier alpha value is -2.91. The van der Waals surface area contributed by atoms with Crippen LogP contribution >= 0.6 is 0 Å². The summed E-state index contributed by atoms with van der Waals surface area (Å²) in [4.78, 5) is 19.4. The molecular formula is C14H13BN4O4. The van der Waals surface area contributed by atoms with Crippen LogP contribution in [0.2, 0.25) is 0 Å². The molecule has 2 heterocycles.